The van der Waals surface area contributed by atoms with Crippen molar-refractivity contribution in [3.05, 3.63) is 35.2 Å². The van der Waals surface area contributed by atoms with Crippen molar-refractivity contribution in [3.8, 4) is 0 Å². The van der Waals surface area contributed by atoms with Crippen LogP contribution in [0.4, 0.5) is 0 Å². The summed E-state index contributed by atoms with van der Waals surface area (Å²) < 4.78 is 1.10. The highest BCUT2D eigenvalue weighted by atomic mass is 32.1. The predicted molar refractivity (Wildman–Crippen MR) is 53.5 cm³/mol. The summed E-state index contributed by atoms with van der Waals surface area (Å²) in [6, 6.07) is 7.53. The number of hydrogen-bond acceptors (Lipinski definition) is 3. The number of nitrogens with two attached hydrogens (primary N) is 1. The molecule has 13 heavy (non-hydrogen) atoms. The van der Waals surface area contributed by atoms with Gasteiger partial charge in [-0.15, -0.1) is 11.3 Å². The van der Waals surface area contributed by atoms with Crippen molar-refractivity contribution < 1.29 is 4.79 Å². The summed E-state index contributed by atoms with van der Waals surface area (Å²) in [5.41, 5.74) is 2.70. The first-order valence-corrected chi connectivity index (χ1v) is 4.67. The fraction of sp³-hybridized carbons (Fsp3) is 0. The molecule has 0 fully saturated rings. The molecule has 0 aliphatic carbocycles. The van der Waals surface area contributed by atoms with Gasteiger partial charge in [-0.25, -0.2) is 5.84 Å². The van der Waals surface area contributed by atoms with E-state index in [4.69, 9.17) is 5.84 Å². The minimum absolute atomic E-state index is 0.254. The van der Waals surface area contributed by atoms with Gasteiger partial charge in [0.05, 0.1) is 0 Å². The summed E-state index contributed by atoms with van der Waals surface area (Å²) in [5, 5.41) is 3.15. The largest absolute Gasteiger partial charge is 0.290 e. The van der Waals surface area contributed by atoms with Crippen molar-refractivity contribution in [1.82, 2.24) is 5.43 Å². The van der Waals surface area contributed by atoms with E-state index in [1.165, 1.54) is 0 Å². The number of hydrogen-bond donors (Lipinski definition) is 2. The van der Waals surface area contributed by atoms with Crippen LogP contribution in [-0.4, -0.2) is 5.91 Å². The summed E-state index contributed by atoms with van der Waals surface area (Å²) in [6.07, 6.45) is 0. The molecule has 0 saturated carbocycles. The maximum atomic E-state index is 11.1. The monoisotopic (exact) mass is 192 g/mol. The SMILES string of the molecule is NNC(=O)c1ccc2ccsc2c1. The van der Waals surface area contributed by atoms with E-state index in [-0.39, 0.29) is 5.91 Å². The number of benzene rings is 1. The van der Waals surface area contributed by atoms with Crippen molar-refractivity contribution >= 4 is 27.3 Å². The maximum Gasteiger partial charge on any atom is 0.265 e. The molecule has 1 amide bonds. The van der Waals surface area contributed by atoms with Crippen molar-refractivity contribution in [2.45, 2.75) is 0 Å². The minimum Gasteiger partial charge on any atom is -0.290 e. The molecule has 0 saturated heterocycles. The summed E-state index contributed by atoms with van der Waals surface area (Å²) in [6.45, 7) is 0. The molecule has 4 heteroatoms. The van der Waals surface area contributed by atoms with E-state index in [0.29, 0.717) is 5.56 Å². The van der Waals surface area contributed by atoms with Gasteiger partial charge < -0.3 is 0 Å². The van der Waals surface area contributed by atoms with E-state index >= 15 is 0 Å². The van der Waals surface area contributed by atoms with Crippen LogP contribution in [0.15, 0.2) is 29.6 Å². The molecule has 0 atom stereocenters. The molecule has 0 radical (unpaired) electrons. The third kappa shape index (κ3) is 1.41. The minimum atomic E-state index is -0.254. The van der Waals surface area contributed by atoms with E-state index in [1.807, 2.05) is 23.6 Å². The molecule has 0 aliphatic rings. The van der Waals surface area contributed by atoms with E-state index in [0.717, 1.165) is 10.1 Å². The first-order chi connectivity index (χ1) is 6.31. The van der Waals surface area contributed by atoms with Gasteiger partial charge in [0.2, 0.25) is 0 Å². The van der Waals surface area contributed by atoms with Gasteiger partial charge in [0, 0.05) is 10.3 Å². The second-order valence-electron chi connectivity index (χ2n) is 2.65. The van der Waals surface area contributed by atoms with Gasteiger partial charge in [-0.1, -0.05) is 6.07 Å². The number of thiophene rings is 1. The van der Waals surface area contributed by atoms with Gasteiger partial charge in [-0.05, 0) is 29.0 Å². The second kappa shape index (κ2) is 3.16. The lowest BCUT2D eigenvalue weighted by molar-refractivity contribution is 0.0954. The smallest absolute Gasteiger partial charge is 0.265 e. The van der Waals surface area contributed by atoms with Gasteiger partial charge in [0.1, 0.15) is 0 Å². The van der Waals surface area contributed by atoms with Crippen LogP contribution in [0.1, 0.15) is 10.4 Å². The highest BCUT2D eigenvalue weighted by molar-refractivity contribution is 7.17. The Hall–Kier alpha value is -1.39. The Morgan fingerprint density at radius 3 is 3.00 bits per heavy atom. The molecule has 66 valence electrons. The number of nitrogens with one attached hydrogen (secondary N) is 1. The third-order valence-electron chi connectivity index (χ3n) is 1.85. The molecule has 0 spiro atoms. The zero-order chi connectivity index (χ0) is 9.26. The first-order valence-electron chi connectivity index (χ1n) is 3.79. The summed E-state index contributed by atoms with van der Waals surface area (Å²) in [7, 11) is 0. The molecule has 2 rings (SSSR count). The Kier molecular flexibility index (Phi) is 2.00. The van der Waals surface area contributed by atoms with Crippen LogP contribution in [0.25, 0.3) is 10.1 Å². The molecule has 0 bridgehead atoms. The summed E-state index contributed by atoms with van der Waals surface area (Å²) in [5.74, 6) is 4.77. The lowest BCUT2D eigenvalue weighted by atomic mass is 10.2. The molecule has 0 unspecified atom stereocenters. The zero-order valence-corrected chi connectivity index (χ0v) is 7.60. The summed E-state index contributed by atoms with van der Waals surface area (Å²) >= 11 is 1.61. The number of amides is 1. The average Bonchev–Trinajstić information content (AvgIpc) is 2.63. The zero-order valence-electron chi connectivity index (χ0n) is 6.78. The average molecular weight is 192 g/mol. The van der Waals surface area contributed by atoms with Gasteiger partial charge in [-0.2, -0.15) is 0 Å². The van der Waals surface area contributed by atoms with Gasteiger partial charge in [0.25, 0.3) is 5.91 Å². The number of carbonyl (C=O) groups is 1. The molecule has 0 aliphatic heterocycles. The fourth-order valence-electron chi connectivity index (χ4n) is 1.18. The Bertz CT molecular complexity index is 450. The quantitative estimate of drug-likeness (QED) is 0.409. The molecule has 1 aromatic heterocycles. The topological polar surface area (TPSA) is 55.1 Å². The molecular formula is C9H8N2OS. The Morgan fingerprint density at radius 2 is 2.23 bits per heavy atom. The molecule has 2 aromatic rings. The fourth-order valence-corrected chi connectivity index (χ4v) is 2.01. The van der Waals surface area contributed by atoms with Gasteiger partial charge in [0.15, 0.2) is 0 Å². The van der Waals surface area contributed by atoms with Crippen LogP contribution < -0.4 is 11.3 Å². The lowest BCUT2D eigenvalue weighted by Crippen LogP contribution is -2.29. The van der Waals surface area contributed by atoms with E-state index in [2.05, 4.69) is 5.43 Å². The first kappa shape index (κ1) is 8.22. The predicted octanol–water partition coefficient (Wildman–Crippen LogP) is 1.50. The van der Waals surface area contributed by atoms with Crippen LogP contribution >= 0.6 is 11.3 Å². The number of hydrazine groups is 1. The second-order valence-corrected chi connectivity index (χ2v) is 3.59. The Morgan fingerprint density at radius 1 is 1.38 bits per heavy atom. The number of rotatable bonds is 1. The number of carbonyl (C=O) groups excluding carboxylic acids is 1. The standard InChI is InChI=1S/C9H8N2OS/c10-11-9(12)7-2-1-6-3-4-13-8(6)5-7/h1-5H,10H2,(H,11,12). The lowest BCUT2D eigenvalue weighted by Gasteiger charge is -1.98. The van der Waals surface area contributed by atoms with E-state index in [1.54, 1.807) is 17.4 Å². The van der Waals surface area contributed by atoms with Crippen LogP contribution in [0.5, 0.6) is 0 Å². The van der Waals surface area contributed by atoms with Crippen molar-refractivity contribution in [2.24, 2.45) is 5.84 Å². The van der Waals surface area contributed by atoms with Crippen molar-refractivity contribution in [1.29, 1.82) is 0 Å². The van der Waals surface area contributed by atoms with E-state index in [9.17, 15) is 4.79 Å². The Balaban J connectivity index is 2.54. The molecule has 1 heterocycles. The highest BCUT2D eigenvalue weighted by Gasteiger charge is 2.03. The van der Waals surface area contributed by atoms with Crippen LogP contribution in [0, 0.1) is 0 Å². The van der Waals surface area contributed by atoms with Crippen LogP contribution in [0.3, 0.4) is 0 Å². The molecule has 3 nitrogen and oxygen atoms in total. The number of fused-ring (bicyclic) bond motifs is 1. The van der Waals surface area contributed by atoms with Gasteiger partial charge in [-0.3, -0.25) is 10.2 Å². The van der Waals surface area contributed by atoms with Crippen LogP contribution in [-0.2, 0) is 0 Å². The van der Waals surface area contributed by atoms with Gasteiger partial charge >= 0.3 is 0 Å². The maximum absolute atomic E-state index is 11.1. The molecule has 3 N–H and O–H groups in total. The molecular weight excluding hydrogens is 184 g/mol. The van der Waals surface area contributed by atoms with Crippen molar-refractivity contribution in [3.63, 3.8) is 0 Å². The van der Waals surface area contributed by atoms with Crippen LogP contribution in [0.2, 0.25) is 0 Å². The van der Waals surface area contributed by atoms with Crippen molar-refractivity contribution in [2.75, 3.05) is 0 Å². The summed E-state index contributed by atoms with van der Waals surface area (Å²) in [4.78, 5) is 11.1. The third-order valence-corrected chi connectivity index (χ3v) is 2.73. The normalized spacial score (nSPS) is 10.2. The van der Waals surface area contributed by atoms with E-state index < -0.39 is 0 Å². The number of nitrogen functional groups attached to an aromatic ring is 1. The Labute approximate surface area is 79.1 Å². The highest BCUT2D eigenvalue weighted by Crippen LogP contribution is 2.21. The molecule has 1 aromatic carbocycles.